The number of hydrogen-bond acceptors (Lipinski definition) is 4. The molecular formula is C16H18ClNO4S. The highest BCUT2D eigenvalue weighted by atomic mass is 35.5. The molecule has 0 saturated heterocycles. The molecule has 0 bridgehead atoms. The minimum Gasteiger partial charge on any atom is -0.495 e. The van der Waals surface area contributed by atoms with Gasteiger partial charge in [0, 0.05) is 0 Å². The van der Waals surface area contributed by atoms with E-state index in [0.29, 0.717) is 22.2 Å². The van der Waals surface area contributed by atoms with Crippen molar-refractivity contribution >= 4 is 27.3 Å². The predicted molar refractivity (Wildman–Crippen MR) is 91.3 cm³/mol. The minimum atomic E-state index is -3.81. The average molecular weight is 356 g/mol. The van der Waals surface area contributed by atoms with E-state index in [1.807, 2.05) is 13.8 Å². The Morgan fingerprint density at radius 3 is 2.13 bits per heavy atom. The van der Waals surface area contributed by atoms with Crippen molar-refractivity contribution in [2.45, 2.75) is 18.7 Å². The normalized spacial score (nSPS) is 11.2. The van der Waals surface area contributed by atoms with E-state index >= 15 is 0 Å². The predicted octanol–water partition coefficient (Wildman–Crippen LogP) is 3.77. The van der Waals surface area contributed by atoms with Crippen LogP contribution < -0.4 is 14.2 Å². The van der Waals surface area contributed by atoms with Gasteiger partial charge >= 0.3 is 0 Å². The van der Waals surface area contributed by atoms with Gasteiger partial charge in [-0.3, -0.25) is 4.72 Å². The average Bonchev–Trinajstić information content (AvgIpc) is 2.49. The van der Waals surface area contributed by atoms with Gasteiger partial charge in [-0.05, 0) is 55.3 Å². The minimum absolute atomic E-state index is 0.0787. The second kappa shape index (κ2) is 6.68. The van der Waals surface area contributed by atoms with Crippen LogP contribution in [0.5, 0.6) is 11.5 Å². The van der Waals surface area contributed by atoms with E-state index in [2.05, 4.69) is 4.72 Å². The van der Waals surface area contributed by atoms with E-state index in [4.69, 9.17) is 21.1 Å². The van der Waals surface area contributed by atoms with Crippen LogP contribution in [-0.4, -0.2) is 22.6 Å². The highest BCUT2D eigenvalue weighted by Gasteiger charge is 2.21. The highest BCUT2D eigenvalue weighted by molar-refractivity contribution is 7.92. The molecule has 0 radical (unpaired) electrons. The molecule has 0 amide bonds. The second-order valence-corrected chi connectivity index (χ2v) is 7.10. The number of hydrogen-bond donors (Lipinski definition) is 1. The fraction of sp³-hybridized carbons (Fsp3) is 0.250. The van der Waals surface area contributed by atoms with Gasteiger partial charge in [0.1, 0.15) is 16.4 Å². The van der Waals surface area contributed by atoms with E-state index in [-0.39, 0.29) is 4.90 Å². The Bertz CT molecular complexity index is 834. The third-order valence-corrected chi connectivity index (χ3v) is 5.17. The number of methoxy groups -OCH3 is 2. The van der Waals surface area contributed by atoms with Crippen molar-refractivity contribution in [2.75, 3.05) is 18.9 Å². The van der Waals surface area contributed by atoms with Gasteiger partial charge in [0.15, 0.2) is 0 Å². The molecule has 0 unspecified atom stereocenters. The van der Waals surface area contributed by atoms with Crippen molar-refractivity contribution in [2.24, 2.45) is 0 Å². The topological polar surface area (TPSA) is 64.6 Å². The summed E-state index contributed by atoms with van der Waals surface area (Å²) in [4.78, 5) is 0.0787. The smallest absolute Gasteiger partial charge is 0.265 e. The first-order chi connectivity index (χ1) is 10.8. The molecule has 2 rings (SSSR count). The van der Waals surface area contributed by atoms with Gasteiger partial charge in [-0.2, -0.15) is 0 Å². The van der Waals surface area contributed by atoms with Crippen LogP contribution in [0.15, 0.2) is 35.2 Å². The summed E-state index contributed by atoms with van der Waals surface area (Å²) in [5.74, 6) is 0.763. The molecule has 0 heterocycles. The lowest BCUT2D eigenvalue weighted by atomic mass is 10.1. The summed E-state index contributed by atoms with van der Waals surface area (Å²) in [6.07, 6.45) is 0. The summed E-state index contributed by atoms with van der Waals surface area (Å²) in [7, 11) is -0.877. The molecule has 1 N–H and O–H groups in total. The molecule has 0 aliphatic heterocycles. The molecule has 0 aromatic heterocycles. The standard InChI is InChI=1S/C16H18ClNO4S/c1-10-7-15(22-4)16(8-11(10)2)23(19,20)18-12-5-6-14(21-3)13(17)9-12/h5-9,18H,1-4H3. The van der Waals surface area contributed by atoms with Crippen LogP contribution in [0.1, 0.15) is 11.1 Å². The number of rotatable bonds is 5. The molecule has 23 heavy (non-hydrogen) atoms. The summed E-state index contributed by atoms with van der Waals surface area (Å²) in [6, 6.07) is 7.95. The van der Waals surface area contributed by atoms with Crippen LogP contribution >= 0.6 is 11.6 Å². The first-order valence-corrected chi connectivity index (χ1v) is 8.66. The molecule has 0 spiro atoms. The molecule has 0 atom stereocenters. The second-order valence-electron chi connectivity index (χ2n) is 5.04. The maximum atomic E-state index is 12.6. The lowest BCUT2D eigenvalue weighted by Crippen LogP contribution is -2.14. The van der Waals surface area contributed by atoms with Crippen molar-refractivity contribution in [3.8, 4) is 11.5 Å². The monoisotopic (exact) mass is 355 g/mol. The van der Waals surface area contributed by atoms with Crippen molar-refractivity contribution in [1.29, 1.82) is 0 Å². The zero-order chi connectivity index (χ0) is 17.2. The van der Waals surface area contributed by atoms with Crippen molar-refractivity contribution in [1.82, 2.24) is 0 Å². The van der Waals surface area contributed by atoms with Crippen molar-refractivity contribution in [3.63, 3.8) is 0 Å². The Labute approximate surface area is 141 Å². The van der Waals surface area contributed by atoms with Gasteiger partial charge < -0.3 is 9.47 Å². The third kappa shape index (κ3) is 3.71. The zero-order valence-electron chi connectivity index (χ0n) is 13.3. The summed E-state index contributed by atoms with van der Waals surface area (Å²) >= 11 is 6.02. The maximum absolute atomic E-state index is 12.6. The SMILES string of the molecule is COc1ccc(NS(=O)(=O)c2cc(C)c(C)cc2OC)cc1Cl. The summed E-state index contributed by atoms with van der Waals surface area (Å²) in [5.41, 5.74) is 2.16. The molecule has 0 aliphatic carbocycles. The number of halogens is 1. The quantitative estimate of drug-likeness (QED) is 0.886. The molecule has 124 valence electrons. The van der Waals surface area contributed by atoms with Gasteiger partial charge in [0.25, 0.3) is 10.0 Å². The van der Waals surface area contributed by atoms with Gasteiger partial charge in [-0.25, -0.2) is 8.42 Å². The van der Waals surface area contributed by atoms with E-state index in [1.165, 1.54) is 20.3 Å². The fourth-order valence-corrected chi connectivity index (χ4v) is 3.62. The Kier molecular flexibility index (Phi) is 5.06. The lowest BCUT2D eigenvalue weighted by molar-refractivity contribution is 0.402. The highest BCUT2D eigenvalue weighted by Crippen LogP contribution is 2.31. The molecule has 7 heteroatoms. The van der Waals surface area contributed by atoms with E-state index in [1.54, 1.807) is 24.3 Å². The Hall–Kier alpha value is -1.92. The molecule has 2 aromatic carbocycles. The number of sulfonamides is 1. The van der Waals surface area contributed by atoms with Crippen LogP contribution in [0.25, 0.3) is 0 Å². The number of anilines is 1. The molecule has 5 nitrogen and oxygen atoms in total. The maximum Gasteiger partial charge on any atom is 0.265 e. The summed E-state index contributed by atoms with van der Waals surface area (Å²) < 4.78 is 38.0. The number of ether oxygens (including phenoxy) is 2. The van der Waals surface area contributed by atoms with Crippen molar-refractivity contribution in [3.05, 3.63) is 46.5 Å². The van der Waals surface area contributed by atoms with Crippen molar-refractivity contribution < 1.29 is 17.9 Å². The first kappa shape index (κ1) is 17.4. The Morgan fingerprint density at radius 1 is 0.957 bits per heavy atom. The summed E-state index contributed by atoms with van der Waals surface area (Å²) in [5, 5.41) is 0.319. The number of nitrogens with one attached hydrogen (secondary N) is 1. The van der Waals surface area contributed by atoms with Crippen LogP contribution in [-0.2, 0) is 10.0 Å². The van der Waals surface area contributed by atoms with Crippen LogP contribution in [0.2, 0.25) is 5.02 Å². The first-order valence-electron chi connectivity index (χ1n) is 6.80. The van der Waals surface area contributed by atoms with Crippen LogP contribution in [0.4, 0.5) is 5.69 Å². The Balaban J connectivity index is 2.43. The van der Waals surface area contributed by atoms with Gasteiger partial charge in [0.05, 0.1) is 24.9 Å². The molecule has 0 fully saturated rings. The fourth-order valence-electron chi connectivity index (χ4n) is 2.07. The lowest BCUT2D eigenvalue weighted by Gasteiger charge is -2.14. The van der Waals surface area contributed by atoms with E-state index in [0.717, 1.165) is 11.1 Å². The van der Waals surface area contributed by atoms with Gasteiger partial charge in [0.2, 0.25) is 0 Å². The van der Waals surface area contributed by atoms with Gasteiger partial charge in [-0.1, -0.05) is 11.6 Å². The molecule has 0 aliphatic rings. The van der Waals surface area contributed by atoms with Gasteiger partial charge in [-0.15, -0.1) is 0 Å². The van der Waals surface area contributed by atoms with Crippen LogP contribution in [0.3, 0.4) is 0 Å². The zero-order valence-corrected chi connectivity index (χ0v) is 14.9. The third-order valence-electron chi connectivity index (χ3n) is 3.47. The van der Waals surface area contributed by atoms with E-state index < -0.39 is 10.0 Å². The molecular weight excluding hydrogens is 338 g/mol. The Morgan fingerprint density at radius 2 is 1.57 bits per heavy atom. The largest absolute Gasteiger partial charge is 0.495 e. The van der Waals surface area contributed by atoms with Crippen LogP contribution in [0, 0.1) is 13.8 Å². The number of benzene rings is 2. The molecule has 0 saturated carbocycles. The summed E-state index contributed by atoms with van der Waals surface area (Å²) in [6.45, 7) is 3.74. The number of aryl methyl sites for hydroxylation is 2. The molecule has 2 aromatic rings. The van der Waals surface area contributed by atoms with E-state index in [9.17, 15) is 8.42 Å².